The van der Waals surface area contributed by atoms with E-state index < -0.39 is 0 Å². The average Bonchev–Trinajstić information content (AvgIpc) is 3.24. The number of guanidine groups is 1. The van der Waals surface area contributed by atoms with E-state index in [2.05, 4.69) is 49.2 Å². The summed E-state index contributed by atoms with van der Waals surface area (Å²) >= 11 is 1.67. The molecule has 0 atom stereocenters. The number of hydrogen-bond donors (Lipinski definition) is 2. The SMILES string of the molecule is CCNC(=NCc1ccsc1)NCc1ccc(N2CCN(CC)CC2)c(F)c1.I. The molecule has 2 heterocycles. The smallest absolute Gasteiger partial charge is 0.191 e. The molecular weight excluding hydrogens is 500 g/mol. The molecule has 0 amide bonds. The Bertz CT molecular complexity index is 760. The third-order valence-electron chi connectivity index (χ3n) is 4.98. The molecule has 1 aliphatic heterocycles. The van der Waals surface area contributed by atoms with Crippen LogP contribution in [0.25, 0.3) is 0 Å². The maximum atomic E-state index is 14.7. The van der Waals surface area contributed by atoms with Crippen LogP contribution in [0.2, 0.25) is 0 Å². The highest BCUT2D eigenvalue weighted by Crippen LogP contribution is 2.22. The van der Waals surface area contributed by atoms with Crippen LogP contribution in [0, 0.1) is 5.82 Å². The van der Waals surface area contributed by atoms with E-state index in [0.717, 1.165) is 50.8 Å². The van der Waals surface area contributed by atoms with Crippen LogP contribution in [0.3, 0.4) is 0 Å². The molecule has 2 aromatic rings. The molecule has 29 heavy (non-hydrogen) atoms. The Hall–Kier alpha value is -1.39. The fourth-order valence-corrected chi connectivity index (χ4v) is 3.96. The first-order valence-corrected chi connectivity index (χ1v) is 10.9. The zero-order valence-corrected chi connectivity index (χ0v) is 20.3. The number of piperazine rings is 1. The van der Waals surface area contributed by atoms with E-state index in [0.29, 0.717) is 18.8 Å². The van der Waals surface area contributed by atoms with Gasteiger partial charge in [0, 0.05) is 39.3 Å². The molecule has 0 bridgehead atoms. The van der Waals surface area contributed by atoms with Gasteiger partial charge in [0.25, 0.3) is 0 Å². The third-order valence-corrected chi connectivity index (χ3v) is 5.71. The predicted molar refractivity (Wildman–Crippen MR) is 132 cm³/mol. The molecule has 0 spiro atoms. The van der Waals surface area contributed by atoms with Crippen LogP contribution in [0.15, 0.2) is 40.0 Å². The Morgan fingerprint density at radius 2 is 1.90 bits per heavy atom. The second-order valence-corrected chi connectivity index (χ2v) is 7.67. The second-order valence-electron chi connectivity index (χ2n) is 6.89. The van der Waals surface area contributed by atoms with Crippen molar-refractivity contribution in [3.05, 3.63) is 52.0 Å². The van der Waals surface area contributed by atoms with Gasteiger partial charge in [0.2, 0.25) is 0 Å². The van der Waals surface area contributed by atoms with Crippen molar-refractivity contribution >= 4 is 47.0 Å². The van der Waals surface area contributed by atoms with Gasteiger partial charge < -0.3 is 20.4 Å². The van der Waals surface area contributed by atoms with Crippen LogP contribution in [0.5, 0.6) is 0 Å². The average molecular weight is 531 g/mol. The minimum atomic E-state index is -0.149. The molecule has 8 heteroatoms. The number of nitrogens with zero attached hydrogens (tertiary/aromatic N) is 3. The Labute approximate surface area is 194 Å². The molecule has 0 aliphatic carbocycles. The Balaban J connectivity index is 0.00000300. The summed E-state index contributed by atoms with van der Waals surface area (Å²) in [5, 5.41) is 10.7. The van der Waals surface area contributed by atoms with E-state index in [1.807, 2.05) is 19.1 Å². The summed E-state index contributed by atoms with van der Waals surface area (Å²) in [6.07, 6.45) is 0. The van der Waals surface area contributed by atoms with Crippen molar-refractivity contribution in [1.82, 2.24) is 15.5 Å². The molecule has 1 aromatic heterocycles. The largest absolute Gasteiger partial charge is 0.367 e. The van der Waals surface area contributed by atoms with Crippen molar-refractivity contribution in [1.29, 1.82) is 0 Å². The summed E-state index contributed by atoms with van der Waals surface area (Å²) in [5.74, 6) is 0.596. The highest BCUT2D eigenvalue weighted by molar-refractivity contribution is 14.0. The van der Waals surface area contributed by atoms with Gasteiger partial charge in [-0.15, -0.1) is 24.0 Å². The summed E-state index contributed by atoms with van der Waals surface area (Å²) in [6.45, 7) is 11.0. The van der Waals surface area contributed by atoms with Crippen LogP contribution < -0.4 is 15.5 Å². The van der Waals surface area contributed by atoms with Crippen molar-refractivity contribution < 1.29 is 4.39 Å². The number of anilines is 1. The minimum absolute atomic E-state index is 0. The molecule has 3 rings (SSSR count). The van der Waals surface area contributed by atoms with E-state index in [-0.39, 0.29) is 29.8 Å². The molecule has 1 fully saturated rings. The van der Waals surface area contributed by atoms with Gasteiger partial charge in [-0.1, -0.05) is 13.0 Å². The van der Waals surface area contributed by atoms with Crippen molar-refractivity contribution in [2.24, 2.45) is 4.99 Å². The second kappa shape index (κ2) is 12.3. The molecule has 160 valence electrons. The van der Waals surface area contributed by atoms with Gasteiger partial charge in [0.1, 0.15) is 5.82 Å². The number of hydrogen-bond acceptors (Lipinski definition) is 4. The van der Waals surface area contributed by atoms with Crippen molar-refractivity contribution in [2.75, 3.05) is 44.2 Å². The fourth-order valence-electron chi connectivity index (χ4n) is 3.30. The van der Waals surface area contributed by atoms with E-state index in [1.165, 1.54) is 5.56 Å². The molecule has 5 nitrogen and oxygen atoms in total. The fraction of sp³-hybridized carbons (Fsp3) is 0.476. The number of likely N-dealkylation sites (N-methyl/N-ethyl adjacent to an activating group) is 1. The van der Waals surface area contributed by atoms with Crippen LogP contribution in [0.4, 0.5) is 10.1 Å². The molecule has 0 radical (unpaired) electrons. The van der Waals surface area contributed by atoms with Crippen LogP contribution >= 0.6 is 35.3 Å². The predicted octanol–water partition coefficient (Wildman–Crippen LogP) is 3.90. The van der Waals surface area contributed by atoms with Crippen LogP contribution in [0.1, 0.15) is 25.0 Å². The lowest BCUT2D eigenvalue weighted by atomic mass is 10.1. The van der Waals surface area contributed by atoms with Gasteiger partial charge in [-0.05, 0) is 53.6 Å². The van der Waals surface area contributed by atoms with Gasteiger partial charge in [0.15, 0.2) is 5.96 Å². The first-order valence-electron chi connectivity index (χ1n) is 9.98. The lowest BCUT2D eigenvalue weighted by Crippen LogP contribution is -2.46. The number of nitrogens with one attached hydrogen (secondary N) is 2. The molecule has 0 unspecified atom stereocenters. The van der Waals surface area contributed by atoms with Gasteiger partial charge in [-0.2, -0.15) is 11.3 Å². The summed E-state index contributed by atoms with van der Waals surface area (Å²) in [7, 11) is 0. The number of thiophene rings is 1. The van der Waals surface area contributed by atoms with Crippen molar-refractivity contribution in [3.63, 3.8) is 0 Å². The van der Waals surface area contributed by atoms with Crippen LogP contribution in [-0.4, -0.2) is 50.1 Å². The molecule has 1 aliphatic rings. The number of aliphatic imine (C=N–C) groups is 1. The van der Waals surface area contributed by atoms with Crippen LogP contribution in [-0.2, 0) is 13.1 Å². The topological polar surface area (TPSA) is 42.9 Å². The highest BCUT2D eigenvalue weighted by Gasteiger charge is 2.18. The first kappa shape index (κ1) is 23.9. The normalized spacial score (nSPS) is 15.1. The van der Waals surface area contributed by atoms with E-state index >= 15 is 0 Å². The maximum Gasteiger partial charge on any atom is 0.191 e. The maximum absolute atomic E-state index is 14.7. The number of benzene rings is 1. The highest BCUT2D eigenvalue weighted by atomic mass is 127. The zero-order chi connectivity index (χ0) is 19.8. The van der Waals surface area contributed by atoms with Gasteiger partial charge in [-0.25, -0.2) is 9.38 Å². The van der Waals surface area contributed by atoms with Crippen molar-refractivity contribution in [2.45, 2.75) is 26.9 Å². The van der Waals surface area contributed by atoms with Crippen molar-refractivity contribution in [3.8, 4) is 0 Å². The molecular formula is C21H31FIN5S. The number of rotatable bonds is 7. The van der Waals surface area contributed by atoms with E-state index in [9.17, 15) is 4.39 Å². The zero-order valence-electron chi connectivity index (χ0n) is 17.2. The summed E-state index contributed by atoms with van der Waals surface area (Å²) in [4.78, 5) is 9.13. The lowest BCUT2D eigenvalue weighted by molar-refractivity contribution is 0.270. The first-order chi connectivity index (χ1) is 13.7. The Morgan fingerprint density at radius 1 is 1.10 bits per heavy atom. The Morgan fingerprint density at radius 3 is 2.52 bits per heavy atom. The molecule has 0 saturated carbocycles. The van der Waals surface area contributed by atoms with E-state index in [4.69, 9.17) is 0 Å². The third kappa shape index (κ3) is 7.11. The quantitative estimate of drug-likeness (QED) is 0.323. The summed E-state index contributed by atoms with van der Waals surface area (Å²) in [5.41, 5.74) is 2.81. The lowest BCUT2D eigenvalue weighted by Gasteiger charge is -2.35. The summed E-state index contributed by atoms with van der Waals surface area (Å²) in [6, 6.07) is 7.62. The molecule has 1 aromatic carbocycles. The minimum Gasteiger partial charge on any atom is -0.367 e. The Kier molecular flexibility index (Phi) is 10.2. The van der Waals surface area contributed by atoms with Gasteiger partial charge >= 0.3 is 0 Å². The molecule has 2 N–H and O–H groups in total. The van der Waals surface area contributed by atoms with E-state index in [1.54, 1.807) is 17.4 Å². The monoisotopic (exact) mass is 531 g/mol. The molecule has 1 saturated heterocycles. The van der Waals surface area contributed by atoms with Gasteiger partial charge in [0.05, 0.1) is 12.2 Å². The van der Waals surface area contributed by atoms with Gasteiger partial charge in [-0.3, -0.25) is 0 Å². The summed E-state index contributed by atoms with van der Waals surface area (Å²) < 4.78 is 14.7. The number of halogens is 2. The standard InChI is InChI=1S/C21H30FN5S.HI/c1-3-23-21(25-15-18-7-12-28-16-18)24-14-17-5-6-20(19(22)13-17)27-10-8-26(4-2)9-11-27;/h5-7,12-13,16H,3-4,8-11,14-15H2,1-2H3,(H2,23,24,25);1H.